The van der Waals surface area contributed by atoms with Gasteiger partial charge in [0.15, 0.2) is 16.7 Å². The smallest absolute Gasteiger partial charge is 0.262 e. The maximum absolute atomic E-state index is 13.0. The van der Waals surface area contributed by atoms with E-state index in [9.17, 15) is 9.59 Å². The molecule has 7 nitrogen and oxygen atoms in total. The summed E-state index contributed by atoms with van der Waals surface area (Å²) in [4.78, 5) is 30.6. The number of thioether (sulfide) groups is 1. The van der Waals surface area contributed by atoms with Crippen molar-refractivity contribution in [3.8, 4) is 11.5 Å². The predicted molar refractivity (Wildman–Crippen MR) is 122 cm³/mol. The first kappa shape index (κ1) is 21.2. The fourth-order valence-electron chi connectivity index (χ4n) is 3.34. The van der Waals surface area contributed by atoms with Crippen molar-refractivity contribution in [2.24, 2.45) is 5.92 Å². The van der Waals surface area contributed by atoms with E-state index in [1.807, 2.05) is 32.0 Å². The number of nitrogens with one attached hydrogen (secondary N) is 1. The molecule has 0 spiro atoms. The Bertz CT molecular complexity index is 1180. The van der Waals surface area contributed by atoms with E-state index in [0.717, 1.165) is 0 Å². The molecule has 0 fully saturated rings. The number of hydrogen-bond acceptors (Lipinski definition) is 6. The average Bonchev–Trinajstić information content (AvgIpc) is 2.76. The zero-order chi connectivity index (χ0) is 22.0. The largest absolute Gasteiger partial charge is 0.486 e. The summed E-state index contributed by atoms with van der Waals surface area (Å²) in [7, 11) is 0. The first-order chi connectivity index (χ1) is 14.9. The molecular weight excluding hydrogens is 414 g/mol. The number of nitrogens with zero attached hydrogens (tertiary/aromatic N) is 2. The first-order valence-corrected chi connectivity index (χ1v) is 11.2. The lowest BCUT2D eigenvalue weighted by atomic mass is 10.2. The molecule has 1 aliphatic heterocycles. The van der Waals surface area contributed by atoms with Gasteiger partial charge in [-0.25, -0.2) is 4.98 Å². The van der Waals surface area contributed by atoms with Gasteiger partial charge in [-0.05, 0) is 37.1 Å². The minimum absolute atomic E-state index is 0.0822. The first-order valence-electron chi connectivity index (χ1n) is 10.3. The minimum atomic E-state index is -0.459. The zero-order valence-electron chi connectivity index (χ0n) is 17.8. The number of carbonyl (C=O) groups is 1. The molecule has 2 aromatic carbocycles. The molecule has 162 valence electrons. The Kier molecular flexibility index (Phi) is 6.18. The van der Waals surface area contributed by atoms with Gasteiger partial charge in [-0.3, -0.25) is 14.2 Å². The molecule has 0 saturated carbocycles. The second kappa shape index (κ2) is 9.01. The fourth-order valence-corrected chi connectivity index (χ4v) is 4.26. The third-order valence-electron chi connectivity index (χ3n) is 4.84. The van der Waals surface area contributed by atoms with Crippen LogP contribution in [-0.4, -0.2) is 33.9 Å². The maximum atomic E-state index is 13.0. The summed E-state index contributed by atoms with van der Waals surface area (Å²) in [5.74, 6) is 1.37. The predicted octanol–water partition coefficient (Wildman–Crippen LogP) is 3.94. The minimum Gasteiger partial charge on any atom is -0.486 e. The molecule has 0 aliphatic carbocycles. The van der Waals surface area contributed by atoms with E-state index in [4.69, 9.17) is 9.47 Å². The van der Waals surface area contributed by atoms with Gasteiger partial charge in [-0.2, -0.15) is 0 Å². The van der Waals surface area contributed by atoms with Crippen molar-refractivity contribution in [2.45, 2.75) is 37.7 Å². The van der Waals surface area contributed by atoms with Crippen LogP contribution in [0.5, 0.6) is 11.5 Å². The number of ether oxygens (including phenoxy) is 2. The SMILES string of the molecule is CC(C)Cn1c(SC(C)C(=O)Nc2ccc3c(c2)OCCO3)nc2ccccc2c1=O. The van der Waals surface area contributed by atoms with Crippen LogP contribution in [0.25, 0.3) is 10.9 Å². The van der Waals surface area contributed by atoms with Crippen molar-refractivity contribution in [3.63, 3.8) is 0 Å². The van der Waals surface area contributed by atoms with Crippen LogP contribution in [-0.2, 0) is 11.3 Å². The maximum Gasteiger partial charge on any atom is 0.262 e. The summed E-state index contributed by atoms with van der Waals surface area (Å²) in [6, 6.07) is 12.6. The van der Waals surface area contributed by atoms with Crippen molar-refractivity contribution in [1.82, 2.24) is 9.55 Å². The van der Waals surface area contributed by atoms with Crippen LogP contribution in [0.15, 0.2) is 52.4 Å². The molecule has 1 aliphatic rings. The Labute approximate surface area is 184 Å². The van der Waals surface area contributed by atoms with Gasteiger partial charge in [0.2, 0.25) is 5.91 Å². The van der Waals surface area contributed by atoms with Crippen molar-refractivity contribution in [1.29, 1.82) is 0 Å². The average molecular weight is 440 g/mol. The van der Waals surface area contributed by atoms with E-state index < -0.39 is 5.25 Å². The Hall–Kier alpha value is -3.00. The Balaban J connectivity index is 1.56. The number of hydrogen-bond donors (Lipinski definition) is 1. The van der Waals surface area contributed by atoms with Gasteiger partial charge in [0, 0.05) is 18.3 Å². The molecule has 31 heavy (non-hydrogen) atoms. The molecule has 1 atom stereocenters. The van der Waals surface area contributed by atoms with Gasteiger partial charge in [0.05, 0.1) is 16.2 Å². The van der Waals surface area contributed by atoms with Crippen LogP contribution >= 0.6 is 11.8 Å². The van der Waals surface area contributed by atoms with Gasteiger partial charge in [0.25, 0.3) is 5.56 Å². The van der Waals surface area contributed by atoms with E-state index in [2.05, 4.69) is 10.3 Å². The standard InChI is InChI=1S/C23H25N3O4S/c1-14(2)13-26-22(28)17-6-4-5-7-18(17)25-23(26)31-15(3)21(27)24-16-8-9-19-20(12-16)30-11-10-29-19/h4-9,12,14-15H,10-11,13H2,1-3H3,(H,24,27). The molecule has 1 unspecified atom stereocenters. The van der Waals surface area contributed by atoms with Gasteiger partial charge in [-0.15, -0.1) is 0 Å². The number of aromatic nitrogens is 2. The number of anilines is 1. The highest BCUT2D eigenvalue weighted by molar-refractivity contribution is 8.00. The molecule has 1 amide bonds. The summed E-state index contributed by atoms with van der Waals surface area (Å²) in [6.45, 7) is 7.44. The number of benzene rings is 2. The van der Waals surface area contributed by atoms with Crippen LogP contribution in [0, 0.1) is 5.92 Å². The molecule has 1 aromatic heterocycles. The van der Waals surface area contributed by atoms with E-state index in [-0.39, 0.29) is 17.4 Å². The lowest BCUT2D eigenvalue weighted by Gasteiger charge is -2.20. The molecule has 0 bridgehead atoms. The van der Waals surface area contributed by atoms with E-state index in [0.29, 0.717) is 53.0 Å². The Morgan fingerprint density at radius 1 is 1.13 bits per heavy atom. The number of fused-ring (bicyclic) bond motifs is 2. The van der Waals surface area contributed by atoms with Crippen molar-refractivity contribution < 1.29 is 14.3 Å². The van der Waals surface area contributed by atoms with E-state index in [1.54, 1.807) is 35.8 Å². The third-order valence-corrected chi connectivity index (χ3v) is 5.93. The fraction of sp³-hybridized carbons (Fsp3) is 0.348. The Morgan fingerprint density at radius 3 is 2.65 bits per heavy atom. The molecular formula is C23H25N3O4S. The van der Waals surface area contributed by atoms with E-state index >= 15 is 0 Å². The summed E-state index contributed by atoms with van der Waals surface area (Å²) < 4.78 is 12.8. The lowest BCUT2D eigenvalue weighted by Crippen LogP contribution is -2.28. The molecule has 2 heterocycles. The molecule has 4 rings (SSSR count). The molecule has 0 saturated heterocycles. The van der Waals surface area contributed by atoms with Gasteiger partial charge in [-0.1, -0.05) is 37.7 Å². The number of para-hydroxylation sites is 1. The van der Waals surface area contributed by atoms with Crippen molar-refractivity contribution >= 4 is 34.3 Å². The Morgan fingerprint density at radius 2 is 1.87 bits per heavy atom. The highest BCUT2D eigenvalue weighted by Gasteiger charge is 2.21. The van der Waals surface area contributed by atoms with Gasteiger partial charge in [0.1, 0.15) is 13.2 Å². The highest BCUT2D eigenvalue weighted by atomic mass is 32.2. The summed E-state index contributed by atoms with van der Waals surface area (Å²) in [5, 5.41) is 3.58. The molecule has 3 aromatic rings. The normalized spacial score (nSPS) is 13.9. The number of carbonyl (C=O) groups excluding carboxylic acids is 1. The lowest BCUT2D eigenvalue weighted by molar-refractivity contribution is -0.115. The second-order valence-electron chi connectivity index (χ2n) is 7.83. The molecule has 0 radical (unpaired) electrons. The monoisotopic (exact) mass is 439 g/mol. The zero-order valence-corrected chi connectivity index (χ0v) is 18.6. The van der Waals surface area contributed by atoms with Crippen LogP contribution in [0.4, 0.5) is 5.69 Å². The van der Waals surface area contributed by atoms with Gasteiger partial charge >= 0.3 is 0 Å². The van der Waals surface area contributed by atoms with Crippen molar-refractivity contribution in [3.05, 3.63) is 52.8 Å². The molecule has 1 N–H and O–H groups in total. The van der Waals surface area contributed by atoms with Crippen LogP contribution < -0.4 is 20.3 Å². The topological polar surface area (TPSA) is 82.5 Å². The van der Waals surface area contributed by atoms with Crippen LogP contribution in [0.3, 0.4) is 0 Å². The van der Waals surface area contributed by atoms with Gasteiger partial charge < -0.3 is 14.8 Å². The number of rotatable bonds is 6. The van der Waals surface area contributed by atoms with Crippen LogP contribution in [0.2, 0.25) is 0 Å². The summed E-state index contributed by atoms with van der Waals surface area (Å²) in [6.07, 6.45) is 0. The summed E-state index contributed by atoms with van der Waals surface area (Å²) >= 11 is 1.28. The van der Waals surface area contributed by atoms with Crippen LogP contribution in [0.1, 0.15) is 20.8 Å². The second-order valence-corrected chi connectivity index (χ2v) is 9.14. The summed E-state index contributed by atoms with van der Waals surface area (Å²) in [5.41, 5.74) is 1.18. The number of amides is 1. The molecule has 8 heteroatoms. The van der Waals surface area contributed by atoms with Crippen molar-refractivity contribution in [2.75, 3.05) is 18.5 Å². The third kappa shape index (κ3) is 4.69. The quantitative estimate of drug-likeness (QED) is 0.463. The van der Waals surface area contributed by atoms with E-state index in [1.165, 1.54) is 11.8 Å². The highest BCUT2D eigenvalue weighted by Crippen LogP contribution is 2.33.